The highest BCUT2D eigenvalue weighted by Crippen LogP contribution is 2.35. The van der Waals surface area contributed by atoms with Gasteiger partial charge in [0.05, 0.1) is 12.5 Å². The maximum atomic E-state index is 9.84. The molecule has 0 saturated carbocycles. The first-order chi connectivity index (χ1) is 9.63. The van der Waals surface area contributed by atoms with Crippen LogP contribution in [0.25, 0.3) is 0 Å². The lowest BCUT2D eigenvalue weighted by atomic mass is 10.0. The van der Waals surface area contributed by atoms with E-state index in [9.17, 15) is 5.11 Å². The quantitative estimate of drug-likeness (QED) is 0.926. The molecule has 0 amide bonds. The second-order valence-electron chi connectivity index (χ2n) is 5.48. The van der Waals surface area contributed by atoms with Crippen molar-refractivity contribution in [2.45, 2.75) is 38.9 Å². The molecule has 20 heavy (non-hydrogen) atoms. The number of hydrogen-bond acceptors (Lipinski definition) is 5. The van der Waals surface area contributed by atoms with Crippen molar-refractivity contribution in [2.75, 3.05) is 0 Å². The van der Waals surface area contributed by atoms with Crippen LogP contribution in [0.4, 0.5) is 0 Å². The standard InChI is InChI=1S/C15H18N2O3/c1-9(2)11(18)8-14-16-15(17-20-14)13-7-10-5-3-4-6-12(10)19-13/h3-6,9,11,13,18H,7-8H2,1-2H3. The summed E-state index contributed by atoms with van der Waals surface area (Å²) < 4.78 is 11.0. The third-order valence-electron chi connectivity index (χ3n) is 3.57. The van der Waals surface area contributed by atoms with Gasteiger partial charge in [-0.25, -0.2) is 0 Å². The van der Waals surface area contributed by atoms with Crippen molar-refractivity contribution in [3.8, 4) is 5.75 Å². The van der Waals surface area contributed by atoms with Gasteiger partial charge in [0.2, 0.25) is 11.7 Å². The molecule has 0 bridgehead atoms. The first kappa shape index (κ1) is 13.1. The fourth-order valence-electron chi connectivity index (χ4n) is 2.22. The molecule has 2 aromatic rings. The molecule has 1 aliphatic rings. The Kier molecular flexibility index (Phi) is 3.44. The van der Waals surface area contributed by atoms with Crippen molar-refractivity contribution >= 4 is 0 Å². The highest BCUT2D eigenvalue weighted by Gasteiger charge is 2.28. The lowest BCUT2D eigenvalue weighted by molar-refractivity contribution is 0.116. The number of aliphatic hydroxyl groups is 1. The summed E-state index contributed by atoms with van der Waals surface area (Å²) in [6.07, 6.45) is 0.470. The van der Waals surface area contributed by atoms with E-state index in [2.05, 4.69) is 10.1 Å². The molecule has 1 aliphatic heterocycles. The zero-order chi connectivity index (χ0) is 14.1. The van der Waals surface area contributed by atoms with E-state index in [-0.39, 0.29) is 12.0 Å². The smallest absolute Gasteiger partial charge is 0.229 e. The minimum absolute atomic E-state index is 0.164. The fourth-order valence-corrected chi connectivity index (χ4v) is 2.22. The number of rotatable bonds is 4. The van der Waals surface area contributed by atoms with Gasteiger partial charge in [-0.3, -0.25) is 0 Å². The van der Waals surface area contributed by atoms with E-state index in [1.165, 1.54) is 0 Å². The lowest BCUT2D eigenvalue weighted by Gasteiger charge is -2.10. The average Bonchev–Trinajstić information content (AvgIpc) is 3.03. The number of fused-ring (bicyclic) bond motifs is 1. The zero-order valence-corrected chi connectivity index (χ0v) is 11.6. The summed E-state index contributed by atoms with van der Waals surface area (Å²) in [5.74, 6) is 2.05. The third-order valence-corrected chi connectivity index (χ3v) is 3.57. The van der Waals surface area contributed by atoms with Crippen LogP contribution in [-0.2, 0) is 12.8 Å². The molecule has 0 spiro atoms. The Morgan fingerprint density at radius 1 is 1.35 bits per heavy atom. The van der Waals surface area contributed by atoms with Gasteiger partial charge in [-0.2, -0.15) is 4.98 Å². The number of aliphatic hydroxyl groups excluding tert-OH is 1. The lowest BCUT2D eigenvalue weighted by Crippen LogP contribution is -2.17. The van der Waals surface area contributed by atoms with E-state index in [0.29, 0.717) is 18.1 Å². The molecule has 2 unspecified atom stereocenters. The highest BCUT2D eigenvalue weighted by molar-refractivity contribution is 5.37. The molecule has 1 aromatic carbocycles. The van der Waals surface area contributed by atoms with Gasteiger partial charge in [-0.15, -0.1) is 0 Å². The first-order valence-electron chi connectivity index (χ1n) is 6.88. The number of ether oxygens (including phenoxy) is 1. The SMILES string of the molecule is CC(C)C(O)Cc1nc(C2Cc3ccccc3O2)no1. The van der Waals surface area contributed by atoms with Gasteiger partial charge >= 0.3 is 0 Å². The Labute approximate surface area is 117 Å². The van der Waals surface area contributed by atoms with Crippen LogP contribution < -0.4 is 4.74 Å². The Hall–Kier alpha value is -1.88. The zero-order valence-electron chi connectivity index (χ0n) is 11.6. The summed E-state index contributed by atoms with van der Waals surface area (Å²) in [5.41, 5.74) is 1.16. The number of nitrogens with zero attached hydrogens (tertiary/aromatic N) is 2. The predicted octanol–water partition coefficient (Wildman–Crippen LogP) is 2.31. The summed E-state index contributed by atoms with van der Waals surface area (Å²) in [6.45, 7) is 3.91. The Balaban J connectivity index is 1.70. The Morgan fingerprint density at radius 2 is 2.15 bits per heavy atom. The van der Waals surface area contributed by atoms with Gasteiger partial charge in [-0.1, -0.05) is 37.2 Å². The Morgan fingerprint density at radius 3 is 2.90 bits per heavy atom. The molecule has 0 aliphatic carbocycles. The molecule has 0 saturated heterocycles. The largest absolute Gasteiger partial charge is 0.482 e. The van der Waals surface area contributed by atoms with Crippen molar-refractivity contribution in [1.29, 1.82) is 0 Å². The van der Waals surface area contributed by atoms with Crippen molar-refractivity contribution in [1.82, 2.24) is 10.1 Å². The van der Waals surface area contributed by atoms with Crippen LogP contribution in [0, 0.1) is 5.92 Å². The van der Waals surface area contributed by atoms with E-state index in [0.717, 1.165) is 17.7 Å². The van der Waals surface area contributed by atoms with Gasteiger partial charge in [0.15, 0.2) is 6.10 Å². The number of hydrogen-bond donors (Lipinski definition) is 1. The van der Waals surface area contributed by atoms with E-state index in [1.54, 1.807) is 0 Å². The Bertz CT molecular complexity index is 569. The molecule has 5 nitrogen and oxygen atoms in total. The van der Waals surface area contributed by atoms with Crippen LogP contribution in [0.5, 0.6) is 5.75 Å². The molecular weight excluding hydrogens is 256 g/mol. The molecule has 1 aromatic heterocycles. The van der Waals surface area contributed by atoms with Crippen LogP contribution in [-0.4, -0.2) is 21.4 Å². The molecule has 1 N–H and O–H groups in total. The van der Waals surface area contributed by atoms with Crippen LogP contribution in [0.2, 0.25) is 0 Å². The van der Waals surface area contributed by atoms with Gasteiger partial charge in [-0.05, 0) is 17.5 Å². The van der Waals surface area contributed by atoms with Crippen molar-refractivity contribution in [3.05, 3.63) is 41.5 Å². The topological polar surface area (TPSA) is 68.4 Å². The summed E-state index contributed by atoms with van der Waals surface area (Å²) in [7, 11) is 0. The second-order valence-corrected chi connectivity index (χ2v) is 5.48. The molecule has 3 rings (SSSR count). The monoisotopic (exact) mass is 274 g/mol. The maximum absolute atomic E-state index is 9.84. The van der Waals surface area contributed by atoms with E-state index < -0.39 is 6.10 Å². The molecule has 5 heteroatoms. The normalized spacial score (nSPS) is 18.9. The molecule has 2 atom stereocenters. The molecule has 106 valence electrons. The fraction of sp³-hybridized carbons (Fsp3) is 0.467. The highest BCUT2D eigenvalue weighted by atomic mass is 16.5. The van der Waals surface area contributed by atoms with Crippen molar-refractivity contribution in [3.63, 3.8) is 0 Å². The van der Waals surface area contributed by atoms with Crippen LogP contribution in [0.15, 0.2) is 28.8 Å². The van der Waals surface area contributed by atoms with E-state index >= 15 is 0 Å². The van der Waals surface area contributed by atoms with Gasteiger partial charge in [0, 0.05) is 6.42 Å². The van der Waals surface area contributed by atoms with Gasteiger partial charge < -0.3 is 14.4 Å². The van der Waals surface area contributed by atoms with Gasteiger partial charge in [0.25, 0.3) is 0 Å². The van der Waals surface area contributed by atoms with Crippen molar-refractivity contribution in [2.24, 2.45) is 5.92 Å². The second kappa shape index (κ2) is 5.25. The average molecular weight is 274 g/mol. The minimum Gasteiger partial charge on any atom is -0.482 e. The number of aromatic nitrogens is 2. The van der Waals surface area contributed by atoms with E-state index in [4.69, 9.17) is 9.26 Å². The van der Waals surface area contributed by atoms with Gasteiger partial charge in [0.1, 0.15) is 5.75 Å². The van der Waals surface area contributed by atoms with Crippen LogP contribution in [0.1, 0.15) is 37.2 Å². The molecular formula is C15H18N2O3. The number of benzene rings is 1. The summed E-state index contributed by atoms with van der Waals surface area (Å²) in [5, 5.41) is 13.8. The van der Waals surface area contributed by atoms with Crippen LogP contribution in [0.3, 0.4) is 0 Å². The minimum atomic E-state index is -0.468. The maximum Gasteiger partial charge on any atom is 0.229 e. The number of para-hydroxylation sites is 1. The summed E-state index contributed by atoms with van der Waals surface area (Å²) in [6, 6.07) is 7.92. The first-order valence-corrected chi connectivity index (χ1v) is 6.88. The molecule has 0 radical (unpaired) electrons. The van der Waals surface area contributed by atoms with E-state index in [1.807, 2.05) is 38.1 Å². The summed E-state index contributed by atoms with van der Waals surface area (Å²) >= 11 is 0. The molecule has 2 heterocycles. The third kappa shape index (κ3) is 2.54. The molecule has 0 fully saturated rings. The van der Waals surface area contributed by atoms with Crippen LogP contribution >= 0.6 is 0 Å². The predicted molar refractivity (Wildman–Crippen MR) is 72.4 cm³/mol. The van der Waals surface area contributed by atoms with Crippen molar-refractivity contribution < 1.29 is 14.4 Å². The summed E-state index contributed by atoms with van der Waals surface area (Å²) in [4.78, 5) is 4.33.